The average Bonchev–Trinajstić information content (AvgIpc) is 3.10. The Labute approximate surface area is 143 Å². The third kappa shape index (κ3) is 4.51. The second kappa shape index (κ2) is 7.86. The number of hydrogen-bond acceptors (Lipinski definition) is 3. The van der Waals surface area contributed by atoms with E-state index in [4.69, 9.17) is 4.74 Å². The van der Waals surface area contributed by atoms with E-state index < -0.39 is 0 Å². The summed E-state index contributed by atoms with van der Waals surface area (Å²) in [5.74, 6) is 0.779. The number of carbonyl (C=O) groups excluding carboxylic acids is 1. The molecule has 0 spiro atoms. The second-order valence-corrected chi connectivity index (χ2v) is 6.28. The van der Waals surface area contributed by atoms with E-state index in [0.29, 0.717) is 12.5 Å². The molecule has 1 saturated carbocycles. The number of ether oxygens (including phenoxy) is 1. The van der Waals surface area contributed by atoms with E-state index in [1.165, 1.54) is 25.7 Å². The van der Waals surface area contributed by atoms with Gasteiger partial charge in [-0.05, 0) is 54.8 Å². The van der Waals surface area contributed by atoms with Crippen LogP contribution in [0, 0.1) is 0 Å². The van der Waals surface area contributed by atoms with Crippen molar-refractivity contribution in [3.05, 3.63) is 54.1 Å². The van der Waals surface area contributed by atoms with Crippen molar-refractivity contribution >= 4 is 17.3 Å². The van der Waals surface area contributed by atoms with Crippen LogP contribution in [0.3, 0.4) is 0 Å². The second-order valence-electron chi connectivity index (χ2n) is 6.28. The predicted molar refractivity (Wildman–Crippen MR) is 97.6 cm³/mol. The molecule has 0 aliphatic heterocycles. The largest absolute Gasteiger partial charge is 0.497 e. The van der Waals surface area contributed by atoms with Crippen molar-refractivity contribution in [1.82, 2.24) is 0 Å². The first kappa shape index (κ1) is 16.4. The van der Waals surface area contributed by atoms with Gasteiger partial charge in [0.2, 0.25) is 5.91 Å². The maximum absolute atomic E-state index is 12.1. The average molecular weight is 324 g/mol. The molecule has 3 rings (SSSR count). The summed E-state index contributed by atoms with van der Waals surface area (Å²) in [6.45, 7) is 0. The molecule has 0 radical (unpaired) electrons. The van der Waals surface area contributed by atoms with Gasteiger partial charge < -0.3 is 15.4 Å². The molecule has 126 valence electrons. The molecule has 0 bridgehead atoms. The Balaban J connectivity index is 1.51. The topological polar surface area (TPSA) is 50.4 Å². The fourth-order valence-electron chi connectivity index (χ4n) is 3.09. The molecule has 24 heavy (non-hydrogen) atoms. The van der Waals surface area contributed by atoms with Gasteiger partial charge in [-0.2, -0.15) is 0 Å². The highest BCUT2D eigenvalue weighted by molar-refractivity contribution is 5.92. The van der Waals surface area contributed by atoms with Crippen molar-refractivity contribution < 1.29 is 9.53 Å². The van der Waals surface area contributed by atoms with Gasteiger partial charge in [-0.25, -0.2) is 0 Å². The van der Waals surface area contributed by atoms with E-state index >= 15 is 0 Å². The van der Waals surface area contributed by atoms with Crippen LogP contribution in [-0.2, 0) is 11.2 Å². The molecule has 0 atom stereocenters. The van der Waals surface area contributed by atoms with Crippen LogP contribution < -0.4 is 15.4 Å². The summed E-state index contributed by atoms with van der Waals surface area (Å²) in [5.41, 5.74) is 2.91. The van der Waals surface area contributed by atoms with Gasteiger partial charge in [0.25, 0.3) is 0 Å². The summed E-state index contributed by atoms with van der Waals surface area (Å²) >= 11 is 0. The lowest BCUT2D eigenvalue weighted by atomic mass is 10.1. The first-order valence-electron chi connectivity index (χ1n) is 8.52. The molecule has 2 aromatic rings. The van der Waals surface area contributed by atoms with E-state index in [2.05, 4.69) is 10.6 Å². The lowest BCUT2D eigenvalue weighted by molar-refractivity contribution is -0.115. The number of rotatable bonds is 6. The van der Waals surface area contributed by atoms with E-state index in [9.17, 15) is 4.79 Å². The van der Waals surface area contributed by atoms with Crippen LogP contribution >= 0.6 is 0 Å². The minimum atomic E-state index is -0.0170. The van der Waals surface area contributed by atoms with Crippen molar-refractivity contribution in [2.45, 2.75) is 38.1 Å². The lowest BCUT2D eigenvalue weighted by Crippen LogP contribution is -2.15. The molecular weight excluding hydrogens is 300 g/mol. The summed E-state index contributed by atoms with van der Waals surface area (Å²) in [6, 6.07) is 16.1. The molecule has 0 saturated heterocycles. The van der Waals surface area contributed by atoms with E-state index in [-0.39, 0.29) is 5.91 Å². The molecule has 4 nitrogen and oxygen atoms in total. The maximum atomic E-state index is 12.1. The molecule has 2 aromatic carbocycles. The van der Waals surface area contributed by atoms with Gasteiger partial charge in [-0.3, -0.25) is 4.79 Å². The Bertz CT molecular complexity index is 659. The highest BCUT2D eigenvalue weighted by Gasteiger charge is 2.14. The molecule has 0 unspecified atom stereocenters. The molecule has 1 amide bonds. The highest BCUT2D eigenvalue weighted by Crippen LogP contribution is 2.23. The van der Waals surface area contributed by atoms with Crippen LogP contribution in [-0.4, -0.2) is 19.1 Å². The lowest BCUT2D eigenvalue weighted by Gasteiger charge is -2.14. The summed E-state index contributed by atoms with van der Waals surface area (Å²) < 4.78 is 5.12. The van der Waals surface area contributed by atoms with Crippen LogP contribution in [0.4, 0.5) is 11.4 Å². The smallest absolute Gasteiger partial charge is 0.228 e. The van der Waals surface area contributed by atoms with Crippen molar-refractivity contribution in [2.75, 3.05) is 17.7 Å². The van der Waals surface area contributed by atoms with Gasteiger partial charge in [-0.1, -0.05) is 25.0 Å². The zero-order valence-electron chi connectivity index (χ0n) is 14.0. The SMILES string of the molecule is COc1ccc(CC(=O)Nc2ccc(NC3CCCC3)cc2)cc1. The molecular formula is C20H24N2O2. The number of anilines is 2. The summed E-state index contributed by atoms with van der Waals surface area (Å²) in [4.78, 5) is 12.1. The van der Waals surface area contributed by atoms with Crippen molar-refractivity contribution in [3.63, 3.8) is 0 Å². The van der Waals surface area contributed by atoms with Crippen molar-refractivity contribution in [1.29, 1.82) is 0 Å². The summed E-state index contributed by atoms with van der Waals surface area (Å²) in [6.07, 6.45) is 5.49. The van der Waals surface area contributed by atoms with E-state index in [1.54, 1.807) is 7.11 Å². The van der Waals surface area contributed by atoms with Gasteiger partial charge in [-0.15, -0.1) is 0 Å². The number of benzene rings is 2. The third-order valence-corrected chi connectivity index (χ3v) is 4.42. The normalized spacial score (nSPS) is 14.4. The van der Waals surface area contributed by atoms with Gasteiger partial charge in [0, 0.05) is 17.4 Å². The number of carbonyl (C=O) groups is 1. The molecule has 4 heteroatoms. The first-order valence-corrected chi connectivity index (χ1v) is 8.52. The van der Waals surface area contributed by atoms with Crippen LogP contribution in [0.2, 0.25) is 0 Å². The van der Waals surface area contributed by atoms with Gasteiger partial charge in [0.15, 0.2) is 0 Å². The minimum absolute atomic E-state index is 0.0170. The van der Waals surface area contributed by atoms with E-state index in [1.807, 2.05) is 48.5 Å². The Kier molecular flexibility index (Phi) is 5.36. The summed E-state index contributed by atoms with van der Waals surface area (Å²) in [5, 5.41) is 6.49. The van der Waals surface area contributed by atoms with Crippen LogP contribution in [0.5, 0.6) is 5.75 Å². The fourth-order valence-corrected chi connectivity index (χ4v) is 3.09. The van der Waals surface area contributed by atoms with E-state index in [0.717, 1.165) is 22.7 Å². The number of amides is 1. The standard InChI is InChI=1S/C20H24N2O2/c1-24-19-12-6-15(7-13-19)14-20(23)22-18-10-8-17(9-11-18)21-16-4-2-3-5-16/h6-13,16,21H,2-5,14H2,1H3,(H,22,23). The van der Waals surface area contributed by atoms with Gasteiger partial charge in [0.05, 0.1) is 13.5 Å². The van der Waals surface area contributed by atoms with Crippen LogP contribution in [0.15, 0.2) is 48.5 Å². The van der Waals surface area contributed by atoms with Gasteiger partial charge >= 0.3 is 0 Å². The number of methoxy groups -OCH3 is 1. The molecule has 1 aliphatic carbocycles. The molecule has 1 aliphatic rings. The van der Waals surface area contributed by atoms with Crippen LogP contribution in [0.25, 0.3) is 0 Å². The zero-order valence-corrected chi connectivity index (χ0v) is 14.0. The molecule has 0 aromatic heterocycles. The minimum Gasteiger partial charge on any atom is -0.497 e. The highest BCUT2D eigenvalue weighted by atomic mass is 16.5. The number of nitrogens with one attached hydrogen (secondary N) is 2. The quantitative estimate of drug-likeness (QED) is 0.836. The Morgan fingerprint density at radius 3 is 2.25 bits per heavy atom. The van der Waals surface area contributed by atoms with Gasteiger partial charge in [0.1, 0.15) is 5.75 Å². The monoisotopic (exact) mass is 324 g/mol. The first-order chi connectivity index (χ1) is 11.7. The number of hydrogen-bond donors (Lipinski definition) is 2. The van der Waals surface area contributed by atoms with Crippen LogP contribution in [0.1, 0.15) is 31.2 Å². The summed E-state index contributed by atoms with van der Waals surface area (Å²) in [7, 11) is 1.63. The molecule has 0 heterocycles. The third-order valence-electron chi connectivity index (χ3n) is 4.42. The fraction of sp³-hybridized carbons (Fsp3) is 0.350. The maximum Gasteiger partial charge on any atom is 0.228 e. The Morgan fingerprint density at radius 2 is 1.62 bits per heavy atom. The Hall–Kier alpha value is -2.49. The van der Waals surface area contributed by atoms with Crippen molar-refractivity contribution in [3.8, 4) is 5.75 Å². The predicted octanol–water partition coefficient (Wildman–Crippen LogP) is 4.23. The van der Waals surface area contributed by atoms with Crippen molar-refractivity contribution in [2.24, 2.45) is 0 Å². The zero-order chi connectivity index (χ0) is 16.8. The molecule has 1 fully saturated rings. The molecule has 2 N–H and O–H groups in total. The Morgan fingerprint density at radius 1 is 1.00 bits per heavy atom.